The molecule has 0 unspecified atom stereocenters. The van der Waals surface area contributed by atoms with Gasteiger partial charge in [-0.25, -0.2) is 13.6 Å². The maximum Gasteiger partial charge on any atom is 0.341 e. The number of esters is 1. The van der Waals surface area contributed by atoms with Gasteiger partial charge in [0.25, 0.3) is 5.69 Å². The molecule has 2 saturated heterocycles. The number of hydrogen-bond acceptors (Lipinski definition) is 7. The van der Waals surface area contributed by atoms with E-state index in [1.54, 1.807) is 24.3 Å². The minimum Gasteiger partial charge on any atom is -0.462 e. The highest BCUT2D eigenvalue weighted by atomic mass is 35.5. The van der Waals surface area contributed by atoms with Crippen LogP contribution in [0.3, 0.4) is 0 Å². The molecule has 0 radical (unpaired) electrons. The van der Waals surface area contributed by atoms with Gasteiger partial charge in [-0.1, -0.05) is 48.8 Å². The van der Waals surface area contributed by atoms with E-state index in [4.69, 9.17) is 27.9 Å². The molecule has 1 aliphatic carbocycles. The lowest BCUT2D eigenvalue weighted by molar-refractivity contribution is -0.384. The number of nitrogens with one attached hydrogen (secondary N) is 1. The van der Waals surface area contributed by atoms with Crippen molar-refractivity contribution in [2.75, 3.05) is 29.9 Å². The smallest absolute Gasteiger partial charge is 0.341 e. The Balaban J connectivity index is 0.00000401. The maximum absolute atomic E-state index is 16.2. The summed E-state index contributed by atoms with van der Waals surface area (Å²) in [5.41, 5.74) is -2.22. The molecular formula is C34H32Cl2F2N4O6. The van der Waals surface area contributed by atoms with Gasteiger partial charge >= 0.3 is 5.97 Å². The first-order chi connectivity index (χ1) is 22.5. The van der Waals surface area contributed by atoms with Gasteiger partial charge in [0.2, 0.25) is 11.8 Å². The molecule has 3 aromatic carbocycles. The van der Waals surface area contributed by atoms with E-state index in [0.717, 1.165) is 29.9 Å². The van der Waals surface area contributed by atoms with Crippen LogP contribution in [-0.4, -0.2) is 53.3 Å². The Labute approximate surface area is 285 Å². The van der Waals surface area contributed by atoms with E-state index >= 15 is 8.78 Å². The lowest BCUT2D eigenvalue weighted by Gasteiger charge is -2.40. The second-order valence-electron chi connectivity index (χ2n) is 12.3. The SMILES string of the molecule is C.CCOC(=O)c1cc([N+](=O)[O-])c(N2CC[C@H]3[C@@H](C2=O)[C@H](c2cccc(Cl)c2F)[C@]2(C(=O)Nc4cc(Cl)ccc42)N3CC2CC2)cc1F. The zero-order valence-electron chi connectivity index (χ0n) is 25.0. The summed E-state index contributed by atoms with van der Waals surface area (Å²) >= 11 is 12.6. The summed E-state index contributed by atoms with van der Waals surface area (Å²) in [5.74, 6) is -6.06. The summed E-state index contributed by atoms with van der Waals surface area (Å²) in [6.07, 6.45) is 2.08. The summed E-state index contributed by atoms with van der Waals surface area (Å²) in [6, 6.07) is 10.3. The summed E-state index contributed by atoms with van der Waals surface area (Å²) in [7, 11) is 0. The number of benzene rings is 3. The maximum atomic E-state index is 16.2. The Morgan fingerprint density at radius 1 is 1.12 bits per heavy atom. The number of carbonyl (C=O) groups is 3. The third-order valence-electron chi connectivity index (χ3n) is 9.78. The highest BCUT2D eigenvalue weighted by Crippen LogP contribution is 2.62. The van der Waals surface area contributed by atoms with E-state index in [2.05, 4.69) is 5.32 Å². The van der Waals surface area contributed by atoms with Crippen LogP contribution >= 0.6 is 23.2 Å². The number of anilines is 2. The number of nitro groups is 1. The Morgan fingerprint density at radius 2 is 1.88 bits per heavy atom. The van der Waals surface area contributed by atoms with Gasteiger partial charge in [-0.3, -0.25) is 24.6 Å². The van der Waals surface area contributed by atoms with Crippen molar-refractivity contribution in [3.05, 3.63) is 97.0 Å². The number of hydrogen-bond donors (Lipinski definition) is 1. The molecular weight excluding hydrogens is 669 g/mol. The van der Waals surface area contributed by atoms with Crippen LogP contribution in [0.5, 0.6) is 0 Å². The zero-order chi connectivity index (χ0) is 33.4. The average Bonchev–Trinajstić information content (AvgIpc) is 3.74. The fourth-order valence-electron chi connectivity index (χ4n) is 7.75. The van der Waals surface area contributed by atoms with Crippen molar-refractivity contribution in [3.63, 3.8) is 0 Å². The van der Waals surface area contributed by atoms with E-state index in [-0.39, 0.29) is 49.2 Å². The number of likely N-dealkylation sites (tertiary alicyclic amines) is 1. The lowest BCUT2D eigenvalue weighted by Crippen LogP contribution is -2.54. The molecule has 48 heavy (non-hydrogen) atoms. The third-order valence-corrected chi connectivity index (χ3v) is 10.3. The Morgan fingerprint density at radius 3 is 2.56 bits per heavy atom. The Bertz CT molecular complexity index is 1870. The second kappa shape index (κ2) is 12.4. The van der Waals surface area contributed by atoms with Crippen molar-refractivity contribution in [2.45, 2.75) is 51.1 Å². The van der Waals surface area contributed by atoms with Crippen LogP contribution in [0.4, 0.5) is 25.8 Å². The summed E-state index contributed by atoms with van der Waals surface area (Å²) < 4.78 is 36.4. The highest BCUT2D eigenvalue weighted by Gasteiger charge is 2.70. The first-order valence-electron chi connectivity index (χ1n) is 15.3. The standard InChI is InChI=1S/C33H28Cl2F2N4O6.CH4/c1-2-47-31(43)19-13-26(41(45)46)25(14-22(19)36)39-11-10-24-27(30(39)42)28(18-4-3-5-21(35)29(18)37)33(40(24)15-16-6-7-16)20-9-8-17(34)12-23(20)38-32(33)44;/h3-5,8-9,12-14,16,24,27-28H,2,6-7,10-11,15H2,1H3,(H,38,44);1H4/t24-,27+,28-,33+;/m0./s1. The van der Waals surface area contributed by atoms with Crippen LogP contribution in [0.25, 0.3) is 0 Å². The molecule has 1 saturated carbocycles. The molecule has 2 amide bonds. The van der Waals surface area contributed by atoms with Crippen molar-refractivity contribution in [1.82, 2.24) is 4.90 Å². The van der Waals surface area contributed by atoms with Crippen LogP contribution in [0.2, 0.25) is 10.0 Å². The molecule has 14 heteroatoms. The fraction of sp³-hybridized carbons (Fsp3) is 0.382. The number of rotatable bonds is 7. The predicted molar refractivity (Wildman–Crippen MR) is 175 cm³/mol. The van der Waals surface area contributed by atoms with Gasteiger partial charge < -0.3 is 15.0 Å². The molecule has 3 aromatic rings. The van der Waals surface area contributed by atoms with Crippen molar-refractivity contribution >= 4 is 58.0 Å². The van der Waals surface area contributed by atoms with E-state index in [9.17, 15) is 24.5 Å². The van der Waals surface area contributed by atoms with Crippen LogP contribution in [0.15, 0.2) is 48.5 Å². The normalized spacial score (nSPS) is 24.6. The summed E-state index contributed by atoms with van der Waals surface area (Å²) in [6.45, 7) is 1.83. The summed E-state index contributed by atoms with van der Waals surface area (Å²) in [5, 5.41) is 15.4. The first-order valence-corrected chi connectivity index (χ1v) is 16.0. The number of amides is 2. The number of nitro benzene ring substituents is 1. The van der Waals surface area contributed by atoms with Crippen LogP contribution in [0.1, 0.15) is 61.0 Å². The number of fused-ring (bicyclic) bond motifs is 3. The topological polar surface area (TPSA) is 122 Å². The molecule has 3 fully saturated rings. The minimum atomic E-state index is -1.56. The van der Waals surface area contributed by atoms with E-state index in [0.29, 0.717) is 22.8 Å². The molecule has 7 rings (SSSR count). The average molecular weight is 702 g/mol. The van der Waals surface area contributed by atoms with E-state index < -0.39 is 69.0 Å². The summed E-state index contributed by atoms with van der Waals surface area (Å²) in [4.78, 5) is 56.2. The van der Waals surface area contributed by atoms with Gasteiger partial charge in [0, 0.05) is 53.5 Å². The molecule has 4 atom stereocenters. The Kier molecular flexibility index (Phi) is 8.72. The first kappa shape index (κ1) is 33.8. The van der Waals surface area contributed by atoms with Gasteiger partial charge in [-0.2, -0.15) is 0 Å². The molecule has 1 spiro atoms. The number of ether oxygens (including phenoxy) is 1. The predicted octanol–water partition coefficient (Wildman–Crippen LogP) is 7.07. The van der Waals surface area contributed by atoms with Gasteiger partial charge in [0.1, 0.15) is 28.4 Å². The van der Waals surface area contributed by atoms with Crippen LogP contribution in [-0.2, 0) is 19.9 Å². The van der Waals surface area contributed by atoms with Gasteiger partial charge in [0.15, 0.2) is 0 Å². The molecule has 3 heterocycles. The molecule has 4 aliphatic rings. The zero-order valence-corrected chi connectivity index (χ0v) is 26.5. The molecule has 10 nitrogen and oxygen atoms in total. The van der Waals surface area contributed by atoms with Gasteiger partial charge in [0.05, 0.1) is 22.5 Å². The van der Waals surface area contributed by atoms with Crippen molar-refractivity contribution in [3.8, 4) is 0 Å². The Hall–Kier alpha value is -4.13. The quantitative estimate of drug-likeness (QED) is 0.159. The lowest BCUT2D eigenvalue weighted by atomic mass is 9.70. The number of carbonyl (C=O) groups excluding carboxylic acids is 3. The second-order valence-corrected chi connectivity index (χ2v) is 13.1. The number of nitrogens with zero attached hydrogens (tertiary/aromatic N) is 3. The van der Waals surface area contributed by atoms with E-state index in [1.807, 2.05) is 4.90 Å². The van der Waals surface area contributed by atoms with Crippen molar-refractivity contribution in [2.24, 2.45) is 11.8 Å². The highest BCUT2D eigenvalue weighted by molar-refractivity contribution is 6.31. The third kappa shape index (κ3) is 5.03. The van der Waals surface area contributed by atoms with Crippen LogP contribution in [0, 0.1) is 33.6 Å². The number of piperidine rings is 1. The van der Waals surface area contributed by atoms with Gasteiger partial charge in [-0.05, 0) is 55.9 Å². The van der Waals surface area contributed by atoms with Crippen molar-refractivity contribution in [1.29, 1.82) is 0 Å². The largest absolute Gasteiger partial charge is 0.462 e. The molecule has 252 valence electrons. The van der Waals surface area contributed by atoms with Crippen LogP contribution < -0.4 is 10.2 Å². The molecule has 3 aliphatic heterocycles. The molecule has 0 bridgehead atoms. The molecule has 0 aromatic heterocycles. The van der Waals surface area contributed by atoms with Crippen molar-refractivity contribution < 1.29 is 32.8 Å². The van der Waals surface area contributed by atoms with E-state index in [1.165, 1.54) is 19.1 Å². The van der Waals surface area contributed by atoms with Gasteiger partial charge in [-0.15, -0.1) is 0 Å². The minimum absolute atomic E-state index is 0. The number of halogens is 4. The molecule has 1 N–H and O–H groups in total. The monoisotopic (exact) mass is 700 g/mol. The fourth-order valence-corrected chi connectivity index (χ4v) is 8.11.